The molecule has 2 rings (SSSR count). The normalized spacial score (nSPS) is 11.1. The molecule has 0 aliphatic rings. The van der Waals surface area contributed by atoms with Gasteiger partial charge in [-0.2, -0.15) is 0 Å². The second kappa shape index (κ2) is 3.37. The Morgan fingerprint density at radius 1 is 0.923 bits per heavy atom. The van der Waals surface area contributed by atoms with Gasteiger partial charge in [0.05, 0.1) is 7.57 Å². The molecule has 0 bridgehead atoms. The molecule has 0 N–H and O–H groups in total. The van der Waals surface area contributed by atoms with Gasteiger partial charge >= 0.3 is 0 Å². The Bertz CT molecular complexity index is 429. The number of benzene rings is 1. The average Bonchev–Trinajstić information content (AvgIpc) is 2.31. The summed E-state index contributed by atoms with van der Waals surface area (Å²) in [6.45, 7) is 4.29. The van der Waals surface area contributed by atoms with E-state index in [9.17, 15) is 0 Å². The number of rotatable bonds is 0. The zero-order chi connectivity index (χ0) is 9.59. The first-order valence-electron chi connectivity index (χ1n) is 3.94. The van der Waals surface area contributed by atoms with E-state index in [1.165, 1.54) is 29.5 Å². The highest BCUT2D eigenvalue weighted by Gasteiger charge is 2.08. The van der Waals surface area contributed by atoms with Gasteiger partial charge in [-0.1, -0.05) is 0 Å². The van der Waals surface area contributed by atoms with Crippen molar-refractivity contribution in [1.29, 1.82) is 0 Å². The number of hydrogen-bond acceptors (Lipinski definition) is 1. The van der Waals surface area contributed by atoms with Crippen molar-refractivity contribution in [3.8, 4) is 0 Å². The predicted octanol–water partition coefficient (Wildman–Crippen LogP) is 5.04. The third kappa shape index (κ3) is 1.58. The van der Waals surface area contributed by atoms with Crippen molar-refractivity contribution in [1.82, 2.24) is 0 Å². The van der Waals surface area contributed by atoms with Gasteiger partial charge in [0, 0.05) is 10.8 Å². The summed E-state index contributed by atoms with van der Waals surface area (Å²) in [4.78, 5) is 0. The number of fused-ring (bicyclic) bond motifs is 1. The van der Waals surface area contributed by atoms with Crippen LogP contribution < -0.4 is 0 Å². The van der Waals surface area contributed by atoms with Gasteiger partial charge < -0.3 is 0 Å². The fourth-order valence-electron chi connectivity index (χ4n) is 1.33. The molecule has 0 radical (unpaired) electrons. The standard InChI is InChI=1S/C10H8Br2S/c1-5-3-7-8(4-6(5)2)10(12)13-9(7)11/h3-4H,1-2H3. The van der Waals surface area contributed by atoms with Crippen LogP contribution in [0.2, 0.25) is 0 Å². The van der Waals surface area contributed by atoms with Crippen LogP contribution in [0.15, 0.2) is 19.7 Å². The van der Waals surface area contributed by atoms with Gasteiger partial charge in [-0.25, -0.2) is 0 Å². The monoisotopic (exact) mass is 318 g/mol. The predicted molar refractivity (Wildman–Crippen MR) is 66.7 cm³/mol. The first kappa shape index (κ1) is 9.69. The lowest BCUT2D eigenvalue weighted by molar-refractivity contribution is 1.37. The fraction of sp³-hybridized carbons (Fsp3) is 0.200. The van der Waals surface area contributed by atoms with Crippen LogP contribution in [0, 0.1) is 13.8 Å². The van der Waals surface area contributed by atoms with E-state index < -0.39 is 0 Å². The summed E-state index contributed by atoms with van der Waals surface area (Å²) in [6, 6.07) is 4.46. The average molecular weight is 320 g/mol. The van der Waals surface area contributed by atoms with E-state index in [2.05, 4.69) is 57.8 Å². The van der Waals surface area contributed by atoms with Crippen molar-refractivity contribution in [2.24, 2.45) is 0 Å². The van der Waals surface area contributed by atoms with E-state index >= 15 is 0 Å². The molecule has 0 saturated heterocycles. The lowest BCUT2D eigenvalue weighted by Crippen LogP contribution is -1.79. The van der Waals surface area contributed by atoms with Crippen LogP contribution in [0.25, 0.3) is 10.8 Å². The van der Waals surface area contributed by atoms with Gasteiger partial charge in [0.1, 0.15) is 0 Å². The van der Waals surface area contributed by atoms with Crippen molar-refractivity contribution >= 4 is 54.0 Å². The molecule has 0 nitrogen and oxygen atoms in total. The second-order valence-electron chi connectivity index (χ2n) is 3.13. The molecule has 0 saturated carbocycles. The minimum Gasteiger partial charge on any atom is -0.120 e. The maximum atomic E-state index is 3.56. The van der Waals surface area contributed by atoms with Crippen LogP contribution in [0.5, 0.6) is 0 Å². The quantitative estimate of drug-likeness (QED) is 0.638. The summed E-state index contributed by atoms with van der Waals surface area (Å²) in [7, 11) is 0. The lowest BCUT2D eigenvalue weighted by Gasteiger charge is -2.00. The summed E-state index contributed by atoms with van der Waals surface area (Å²) >= 11 is 8.86. The van der Waals surface area contributed by atoms with E-state index in [4.69, 9.17) is 0 Å². The molecule has 1 aromatic carbocycles. The molecule has 0 fully saturated rings. The Morgan fingerprint density at radius 3 is 1.69 bits per heavy atom. The van der Waals surface area contributed by atoms with Crippen molar-refractivity contribution < 1.29 is 0 Å². The largest absolute Gasteiger partial charge is 0.120 e. The molecule has 2 aromatic rings. The summed E-state index contributed by atoms with van der Waals surface area (Å²) in [5.74, 6) is 0. The molecular weight excluding hydrogens is 312 g/mol. The number of halogens is 2. The van der Waals surface area contributed by atoms with E-state index in [0.717, 1.165) is 0 Å². The summed E-state index contributed by atoms with van der Waals surface area (Å²) in [5, 5.41) is 2.61. The second-order valence-corrected chi connectivity index (χ2v) is 6.79. The van der Waals surface area contributed by atoms with Gasteiger partial charge in [-0.3, -0.25) is 0 Å². The van der Waals surface area contributed by atoms with Crippen LogP contribution in [0.4, 0.5) is 0 Å². The Labute approximate surface area is 98.2 Å². The maximum absolute atomic E-state index is 3.56. The van der Waals surface area contributed by atoms with Gasteiger partial charge in [-0.15, -0.1) is 11.3 Å². The Balaban J connectivity index is 2.91. The molecular formula is C10H8Br2S. The highest BCUT2D eigenvalue weighted by atomic mass is 79.9. The Kier molecular flexibility index (Phi) is 2.51. The molecule has 0 unspecified atom stereocenters. The van der Waals surface area contributed by atoms with Crippen molar-refractivity contribution in [3.05, 3.63) is 30.8 Å². The maximum Gasteiger partial charge on any atom is 0.0789 e. The number of thiophene rings is 1. The smallest absolute Gasteiger partial charge is 0.0789 e. The van der Waals surface area contributed by atoms with Crippen LogP contribution in [0.3, 0.4) is 0 Å². The van der Waals surface area contributed by atoms with Crippen LogP contribution >= 0.6 is 43.2 Å². The first-order valence-corrected chi connectivity index (χ1v) is 6.34. The highest BCUT2D eigenvalue weighted by Crippen LogP contribution is 2.39. The molecule has 0 aliphatic heterocycles. The SMILES string of the molecule is Cc1cc2c(Br)sc(Br)c2cc1C. The minimum absolute atomic E-state index is 1.21. The molecule has 1 heterocycles. The molecule has 0 amide bonds. The zero-order valence-electron chi connectivity index (χ0n) is 7.32. The molecule has 0 spiro atoms. The van der Waals surface area contributed by atoms with Crippen molar-refractivity contribution in [3.63, 3.8) is 0 Å². The van der Waals surface area contributed by atoms with Gasteiger partial charge in [-0.05, 0) is 69.0 Å². The lowest BCUT2D eigenvalue weighted by atomic mass is 10.1. The van der Waals surface area contributed by atoms with Crippen LogP contribution in [-0.2, 0) is 0 Å². The Hall–Kier alpha value is 0.140. The summed E-state index contributed by atoms with van der Waals surface area (Å²) in [6.07, 6.45) is 0. The van der Waals surface area contributed by atoms with Crippen LogP contribution in [0.1, 0.15) is 11.1 Å². The van der Waals surface area contributed by atoms with E-state index in [0.29, 0.717) is 0 Å². The van der Waals surface area contributed by atoms with Crippen molar-refractivity contribution in [2.75, 3.05) is 0 Å². The third-order valence-corrected chi connectivity index (χ3v) is 4.86. The number of aryl methyl sites for hydroxylation is 2. The molecule has 1 aromatic heterocycles. The fourth-order valence-corrected chi connectivity index (χ4v) is 4.32. The molecule has 13 heavy (non-hydrogen) atoms. The third-order valence-electron chi connectivity index (χ3n) is 2.24. The highest BCUT2D eigenvalue weighted by molar-refractivity contribution is 9.12. The molecule has 0 aliphatic carbocycles. The van der Waals surface area contributed by atoms with E-state index in [-0.39, 0.29) is 0 Å². The summed E-state index contributed by atoms with van der Waals surface area (Å²) in [5.41, 5.74) is 2.69. The van der Waals surface area contributed by atoms with E-state index in [1.807, 2.05) is 0 Å². The molecule has 0 atom stereocenters. The van der Waals surface area contributed by atoms with Gasteiger partial charge in [0.15, 0.2) is 0 Å². The molecule has 68 valence electrons. The van der Waals surface area contributed by atoms with Gasteiger partial charge in [0.2, 0.25) is 0 Å². The zero-order valence-corrected chi connectivity index (χ0v) is 11.3. The first-order chi connectivity index (χ1) is 6.09. The summed E-state index contributed by atoms with van der Waals surface area (Å²) < 4.78 is 2.41. The molecule has 3 heteroatoms. The van der Waals surface area contributed by atoms with Crippen molar-refractivity contribution in [2.45, 2.75) is 13.8 Å². The van der Waals surface area contributed by atoms with E-state index in [1.54, 1.807) is 11.3 Å². The Morgan fingerprint density at radius 2 is 1.31 bits per heavy atom. The van der Waals surface area contributed by atoms with Crippen LogP contribution in [-0.4, -0.2) is 0 Å². The topological polar surface area (TPSA) is 0 Å². The number of hydrogen-bond donors (Lipinski definition) is 0. The minimum atomic E-state index is 1.21. The van der Waals surface area contributed by atoms with Gasteiger partial charge in [0.25, 0.3) is 0 Å².